The number of carboxylic acid groups (broad SMARTS) is 1. The third-order valence-corrected chi connectivity index (χ3v) is 6.87. The second-order valence-electron chi connectivity index (χ2n) is 8.49. The number of hydrogen-bond donors (Lipinski definition) is 2. The summed E-state index contributed by atoms with van der Waals surface area (Å²) in [5.41, 5.74) is 2.19. The number of carboxylic acids is 1. The highest BCUT2D eigenvalue weighted by Gasteiger charge is 2.47. The zero-order valence-electron chi connectivity index (χ0n) is 16.5. The van der Waals surface area contributed by atoms with Crippen molar-refractivity contribution in [1.29, 1.82) is 0 Å². The van der Waals surface area contributed by atoms with Gasteiger partial charge in [-0.05, 0) is 74.4 Å². The van der Waals surface area contributed by atoms with Gasteiger partial charge >= 0.3 is 5.97 Å². The molecule has 2 aromatic rings. The molecular formula is C24H29NO3. The molecule has 2 N–H and O–H groups in total. The van der Waals surface area contributed by atoms with Crippen LogP contribution in [0.15, 0.2) is 48.5 Å². The fourth-order valence-corrected chi connectivity index (χ4v) is 5.17. The van der Waals surface area contributed by atoms with Crippen LogP contribution < -0.4 is 0 Å². The maximum Gasteiger partial charge on any atom is 0.335 e. The minimum Gasteiger partial charge on any atom is -0.478 e. The summed E-state index contributed by atoms with van der Waals surface area (Å²) >= 11 is 0. The number of fused-ring (bicyclic) bond motifs is 3. The first-order valence-electron chi connectivity index (χ1n) is 10.3. The van der Waals surface area contributed by atoms with Crippen molar-refractivity contribution >= 4 is 5.97 Å². The van der Waals surface area contributed by atoms with Gasteiger partial charge in [-0.1, -0.05) is 42.5 Å². The van der Waals surface area contributed by atoms with E-state index < -0.39 is 11.6 Å². The van der Waals surface area contributed by atoms with Crippen LogP contribution in [-0.4, -0.2) is 40.7 Å². The predicted molar refractivity (Wildman–Crippen MR) is 109 cm³/mol. The summed E-state index contributed by atoms with van der Waals surface area (Å²) in [4.78, 5) is 14.0. The molecule has 3 heterocycles. The Hall–Kier alpha value is -2.17. The molecule has 2 unspecified atom stereocenters. The van der Waals surface area contributed by atoms with Gasteiger partial charge in [-0.2, -0.15) is 0 Å². The molecule has 0 radical (unpaired) electrons. The Morgan fingerprint density at radius 1 is 1.14 bits per heavy atom. The molecule has 3 aliphatic heterocycles. The quantitative estimate of drug-likeness (QED) is 0.800. The minimum absolute atomic E-state index is 0.224. The first-order chi connectivity index (χ1) is 13.5. The maximum absolute atomic E-state index is 12.0. The molecule has 5 rings (SSSR count). The predicted octanol–water partition coefficient (Wildman–Crippen LogP) is 3.86. The normalized spacial score (nSPS) is 26.0. The summed E-state index contributed by atoms with van der Waals surface area (Å²) in [6.45, 7) is 5.06. The molecular weight excluding hydrogens is 350 g/mol. The van der Waals surface area contributed by atoms with Crippen molar-refractivity contribution in [3.63, 3.8) is 0 Å². The van der Waals surface area contributed by atoms with Crippen molar-refractivity contribution in [2.75, 3.05) is 19.6 Å². The summed E-state index contributed by atoms with van der Waals surface area (Å²) in [6, 6.07) is 15.7. The lowest BCUT2D eigenvalue weighted by Crippen LogP contribution is -2.55. The van der Waals surface area contributed by atoms with Crippen molar-refractivity contribution in [2.45, 2.75) is 38.2 Å². The van der Waals surface area contributed by atoms with E-state index in [-0.39, 0.29) is 5.92 Å². The number of aliphatic hydroxyl groups is 1. The van der Waals surface area contributed by atoms with Crippen LogP contribution in [0.25, 0.3) is 0 Å². The number of aromatic carboxylic acids is 1. The van der Waals surface area contributed by atoms with E-state index in [4.69, 9.17) is 0 Å². The third-order valence-electron chi connectivity index (χ3n) is 6.87. The van der Waals surface area contributed by atoms with Gasteiger partial charge in [0.25, 0.3) is 0 Å². The van der Waals surface area contributed by atoms with Crippen LogP contribution in [0.3, 0.4) is 0 Å². The molecule has 28 heavy (non-hydrogen) atoms. The third kappa shape index (κ3) is 3.59. The van der Waals surface area contributed by atoms with Crippen LogP contribution in [-0.2, 0) is 12.0 Å². The molecule has 2 bridgehead atoms. The molecule has 0 saturated carbocycles. The lowest BCUT2D eigenvalue weighted by atomic mass is 9.66. The van der Waals surface area contributed by atoms with Gasteiger partial charge in [0.1, 0.15) is 0 Å². The Morgan fingerprint density at radius 2 is 1.86 bits per heavy atom. The average molecular weight is 380 g/mol. The maximum atomic E-state index is 12.0. The molecule has 3 saturated heterocycles. The smallest absolute Gasteiger partial charge is 0.335 e. The van der Waals surface area contributed by atoms with E-state index in [1.165, 1.54) is 0 Å². The van der Waals surface area contributed by atoms with Gasteiger partial charge in [0.2, 0.25) is 0 Å². The lowest BCUT2D eigenvalue weighted by Gasteiger charge is -2.51. The highest BCUT2D eigenvalue weighted by atomic mass is 16.4. The fourth-order valence-electron chi connectivity index (χ4n) is 5.17. The molecule has 148 valence electrons. The summed E-state index contributed by atoms with van der Waals surface area (Å²) in [5, 5.41) is 21.4. The first-order valence-corrected chi connectivity index (χ1v) is 10.3. The molecule has 0 spiro atoms. The molecule has 0 aromatic heterocycles. The molecule has 2 aromatic carbocycles. The van der Waals surface area contributed by atoms with E-state index in [0.717, 1.165) is 49.2 Å². The van der Waals surface area contributed by atoms with Gasteiger partial charge in [0.05, 0.1) is 11.2 Å². The van der Waals surface area contributed by atoms with Crippen LogP contribution in [0, 0.1) is 18.8 Å². The number of aryl methyl sites for hydroxylation is 2. The number of nitrogens with zero attached hydrogens (tertiary/aromatic N) is 1. The molecule has 2 atom stereocenters. The van der Waals surface area contributed by atoms with Gasteiger partial charge in [-0.25, -0.2) is 4.79 Å². The second kappa shape index (κ2) is 7.69. The van der Waals surface area contributed by atoms with E-state index in [1.807, 2.05) is 49.4 Å². The second-order valence-corrected chi connectivity index (χ2v) is 8.49. The van der Waals surface area contributed by atoms with E-state index >= 15 is 0 Å². The fraction of sp³-hybridized carbons (Fsp3) is 0.458. The van der Waals surface area contributed by atoms with E-state index in [1.54, 1.807) is 6.07 Å². The summed E-state index contributed by atoms with van der Waals surface area (Å²) in [6.07, 6.45) is 3.59. The van der Waals surface area contributed by atoms with E-state index in [2.05, 4.69) is 4.90 Å². The van der Waals surface area contributed by atoms with Crippen LogP contribution in [0.1, 0.15) is 46.3 Å². The number of hydrogen-bond acceptors (Lipinski definition) is 3. The molecule has 4 nitrogen and oxygen atoms in total. The molecule has 0 amide bonds. The lowest BCUT2D eigenvalue weighted by molar-refractivity contribution is -0.106. The highest BCUT2D eigenvalue weighted by molar-refractivity contribution is 5.89. The Morgan fingerprint density at radius 3 is 2.46 bits per heavy atom. The van der Waals surface area contributed by atoms with Crippen molar-refractivity contribution in [2.24, 2.45) is 11.8 Å². The zero-order valence-corrected chi connectivity index (χ0v) is 16.5. The Kier molecular flexibility index (Phi) is 5.26. The van der Waals surface area contributed by atoms with Gasteiger partial charge < -0.3 is 15.1 Å². The van der Waals surface area contributed by atoms with Crippen molar-refractivity contribution in [1.82, 2.24) is 4.90 Å². The number of piperidine rings is 3. The van der Waals surface area contributed by atoms with E-state index in [0.29, 0.717) is 24.3 Å². The molecule has 3 aliphatic rings. The topological polar surface area (TPSA) is 60.8 Å². The van der Waals surface area contributed by atoms with Gasteiger partial charge in [0, 0.05) is 12.5 Å². The number of carbonyl (C=O) groups is 1. The zero-order chi connectivity index (χ0) is 19.7. The average Bonchev–Trinajstić information content (AvgIpc) is 2.74. The van der Waals surface area contributed by atoms with Crippen molar-refractivity contribution < 1.29 is 15.0 Å². The van der Waals surface area contributed by atoms with Gasteiger partial charge in [-0.3, -0.25) is 0 Å². The highest BCUT2D eigenvalue weighted by Crippen LogP contribution is 2.45. The van der Waals surface area contributed by atoms with Crippen LogP contribution in [0.5, 0.6) is 0 Å². The van der Waals surface area contributed by atoms with Crippen LogP contribution in [0.2, 0.25) is 0 Å². The minimum atomic E-state index is -0.893. The largest absolute Gasteiger partial charge is 0.478 e. The van der Waals surface area contributed by atoms with Gasteiger partial charge in [0.15, 0.2) is 0 Å². The summed E-state index contributed by atoms with van der Waals surface area (Å²) < 4.78 is 0. The molecule has 0 aliphatic carbocycles. The van der Waals surface area contributed by atoms with Crippen LogP contribution >= 0.6 is 0 Å². The summed E-state index contributed by atoms with van der Waals surface area (Å²) in [5.74, 6) is -0.111. The number of rotatable bonds is 6. The Balaban J connectivity index is 1.62. The monoisotopic (exact) mass is 379 g/mol. The van der Waals surface area contributed by atoms with Crippen LogP contribution in [0.4, 0.5) is 0 Å². The SMILES string of the molecule is Cc1ccc(CCC(O)(c2ccccc2)C2CN3CCC2CC3)cc1C(=O)O. The molecule has 4 heteroatoms. The standard InChI is InChI=1S/C24H29NO3/c1-17-7-8-18(15-21(17)23(26)27)9-12-24(28,20-5-3-2-4-6-20)22-16-25-13-10-19(22)11-14-25/h2-8,15,19,22,28H,9-14,16H2,1H3,(H,26,27). The Bertz CT molecular complexity index is 842. The first kappa shape index (κ1) is 19.2. The Labute approximate surface area is 166 Å². The van der Waals surface area contributed by atoms with Gasteiger partial charge in [-0.15, -0.1) is 0 Å². The van der Waals surface area contributed by atoms with Crippen molar-refractivity contribution in [3.8, 4) is 0 Å². The van der Waals surface area contributed by atoms with E-state index in [9.17, 15) is 15.0 Å². The number of benzene rings is 2. The molecule has 3 fully saturated rings. The van der Waals surface area contributed by atoms with Crippen molar-refractivity contribution in [3.05, 3.63) is 70.8 Å². The summed E-state index contributed by atoms with van der Waals surface area (Å²) in [7, 11) is 0.